The fourth-order valence-corrected chi connectivity index (χ4v) is 10.3. The van der Waals surface area contributed by atoms with Crippen LogP contribution in [0.5, 0.6) is 23.0 Å². The van der Waals surface area contributed by atoms with E-state index in [9.17, 15) is 0 Å². The summed E-state index contributed by atoms with van der Waals surface area (Å²) >= 11 is 6.84. The Kier molecular flexibility index (Phi) is 7.36. The lowest BCUT2D eigenvalue weighted by Crippen LogP contribution is -2.35. The molecule has 6 aromatic rings. The van der Waals surface area contributed by atoms with E-state index in [0.29, 0.717) is 0 Å². The van der Waals surface area contributed by atoms with Crippen LogP contribution in [0.1, 0.15) is 0 Å². The Balaban J connectivity index is 0.000000739. The molecule has 2 aliphatic rings. The highest BCUT2D eigenvalue weighted by atomic mass is 32.4. The van der Waals surface area contributed by atoms with Gasteiger partial charge in [-0.15, -0.1) is 0 Å². The summed E-state index contributed by atoms with van der Waals surface area (Å²) < 4.78 is 13.6. The third-order valence-electron chi connectivity index (χ3n) is 7.89. The summed E-state index contributed by atoms with van der Waals surface area (Å²) in [6.45, 7) is 6.72. The maximum absolute atomic E-state index is 6.84. The van der Waals surface area contributed by atoms with Gasteiger partial charge in [0.2, 0.25) is 0 Å². The first-order chi connectivity index (χ1) is 21.6. The lowest BCUT2D eigenvalue weighted by molar-refractivity contribution is 0.468. The maximum atomic E-state index is 6.84. The van der Waals surface area contributed by atoms with Gasteiger partial charge >= 0.3 is 0 Å². The quantitative estimate of drug-likeness (QED) is 0.147. The van der Waals surface area contributed by atoms with E-state index in [0.717, 1.165) is 72.3 Å². The number of hydrogen-bond donors (Lipinski definition) is 0. The second-order valence-corrected chi connectivity index (χ2v) is 14.8. The number of rotatable bonds is 4. The van der Waals surface area contributed by atoms with Crippen LogP contribution < -0.4 is 25.4 Å². The molecule has 0 aliphatic carbocycles. The van der Waals surface area contributed by atoms with Crippen molar-refractivity contribution < 1.29 is 9.47 Å². The molecule has 0 saturated heterocycles. The Morgan fingerprint density at radius 1 is 0.477 bits per heavy atom. The Morgan fingerprint density at radius 3 is 1.64 bits per heavy atom. The van der Waals surface area contributed by atoms with E-state index in [1.165, 1.54) is 0 Å². The SMILES string of the molecule is C=CC=C.S=P12c3ccc(-c4ccccc4)cc3Oc3cc(-c4ccccc4)cc(c31)Oc1c(-c3ccccc3)cccc12. The molecule has 0 bridgehead atoms. The van der Waals surface area contributed by atoms with E-state index in [1.807, 2.05) is 18.2 Å². The van der Waals surface area contributed by atoms with Gasteiger partial charge in [0.05, 0.1) is 11.3 Å². The molecular weight excluding hydrogens is 575 g/mol. The van der Waals surface area contributed by atoms with E-state index in [-0.39, 0.29) is 0 Å². The zero-order chi connectivity index (χ0) is 30.1. The topological polar surface area (TPSA) is 18.5 Å². The molecule has 0 aromatic heterocycles. The average molecular weight is 605 g/mol. The molecule has 4 heteroatoms. The molecule has 2 heterocycles. The Morgan fingerprint density at radius 2 is 1.02 bits per heavy atom. The van der Waals surface area contributed by atoms with Crippen LogP contribution in [-0.4, -0.2) is 0 Å². The van der Waals surface area contributed by atoms with E-state index in [1.54, 1.807) is 12.2 Å². The average Bonchev–Trinajstić information content (AvgIpc) is 3.09. The van der Waals surface area contributed by atoms with Gasteiger partial charge in [-0.05, 0) is 58.1 Å². The molecule has 6 aromatic carbocycles. The monoisotopic (exact) mass is 604 g/mol. The molecule has 0 saturated carbocycles. The molecule has 0 N–H and O–H groups in total. The molecule has 0 radical (unpaired) electrons. The first-order valence-corrected chi connectivity index (χ1v) is 17.2. The van der Waals surface area contributed by atoms with Crippen LogP contribution in [0.15, 0.2) is 165 Å². The minimum Gasteiger partial charge on any atom is -0.456 e. The molecule has 2 nitrogen and oxygen atoms in total. The zero-order valence-electron chi connectivity index (χ0n) is 24.0. The van der Waals surface area contributed by atoms with Gasteiger partial charge in [-0.3, -0.25) is 0 Å². The predicted molar refractivity (Wildman–Crippen MR) is 189 cm³/mol. The largest absolute Gasteiger partial charge is 0.456 e. The van der Waals surface area contributed by atoms with Gasteiger partial charge < -0.3 is 9.47 Å². The van der Waals surface area contributed by atoms with Crippen molar-refractivity contribution in [3.63, 3.8) is 0 Å². The van der Waals surface area contributed by atoms with Gasteiger partial charge in [0.25, 0.3) is 0 Å². The number of fused-ring (bicyclic) bond motifs is 4. The van der Waals surface area contributed by atoms with Gasteiger partial charge in [0.1, 0.15) is 23.0 Å². The van der Waals surface area contributed by atoms with Crippen molar-refractivity contribution in [2.75, 3.05) is 0 Å². The summed E-state index contributed by atoms with van der Waals surface area (Å²) in [6, 6.07) is 45.8. The standard InChI is InChI=1S/C36H23O2PS.C4H6/c40-39-33-20-19-27(24-11-4-1-5-12-24)21-30(33)37-31-22-28(25-13-6-2-7-14-25)23-32(36(31)39)38-35-29(17-10-18-34(35)39)26-15-8-3-9-16-26;1-3-4-2/h1-23H;3-4H,1-2H2. The van der Waals surface area contributed by atoms with Crippen LogP contribution in [0.3, 0.4) is 0 Å². The summed E-state index contributed by atoms with van der Waals surface area (Å²) in [5, 5.41) is 3.14. The van der Waals surface area contributed by atoms with Crippen molar-refractivity contribution >= 4 is 33.8 Å². The minimum atomic E-state index is -2.50. The molecule has 0 spiro atoms. The van der Waals surface area contributed by atoms with Gasteiger partial charge in [-0.25, -0.2) is 0 Å². The molecule has 212 valence electrons. The highest BCUT2D eigenvalue weighted by Crippen LogP contribution is 2.60. The third-order valence-corrected chi connectivity index (χ3v) is 12.8. The van der Waals surface area contributed by atoms with Crippen molar-refractivity contribution in [1.29, 1.82) is 0 Å². The summed E-state index contributed by atoms with van der Waals surface area (Å²) in [5.74, 6) is 3.24. The van der Waals surface area contributed by atoms with Gasteiger partial charge in [0, 0.05) is 16.2 Å². The smallest absolute Gasteiger partial charge is 0.144 e. The van der Waals surface area contributed by atoms with E-state index in [4.69, 9.17) is 21.3 Å². The van der Waals surface area contributed by atoms with Crippen molar-refractivity contribution in [3.8, 4) is 56.4 Å². The van der Waals surface area contributed by atoms with Crippen molar-refractivity contribution in [2.24, 2.45) is 0 Å². The van der Waals surface area contributed by atoms with Crippen LogP contribution >= 0.6 is 6.04 Å². The Hall–Kier alpha value is -4.95. The molecular formula is C40H29O2PS. The van der Waals surface area contributed by atoms with Gasteiger partial charge in [-0.1, -0.05) is 146 Å². The first kappa shape index (κ1) is 27.9. The molecule has 1 atom stereocenters. The summed E-state index contributed by atoms with van der Waals surface area (Å²) in [6.07, 6.45) is 3.28. The number of allylic oxidation sites excluding steroid dienone is 2. The van der Waals surface area contributed by atoms with Crippen LogP contribution in [0.2, 0.25) is 0 Å². The van der Waals surface area contributed by atoms with Crippen molar-refractivity contribution in [3.05, 3.63) is 165 Å². The van der Waals surface area contributed by atoms with Gasteiger partial charge in [0.15, 0.2) is 0 Å². The molecule has 2 aliphatic heterocycles. The second-order valence-electron chi connectivity index (χ2n) is 10.5. The molecule has 44 heavy (non-hydrogen) atoms. The number of para-hydroxylation sites is 1. The Bertz CT molecular complexity index is 2060. The van der Waals surface area contributed by atoms with E-state index >= 15 is 0 Å². The fourth-order valence-electron chi connectivity index (χ4n) is 5.84. The predicted octanol–water partition coefficient (Wildman–Crippen LogP) is 10.0. The lowest BCUT2D eigenvalue weighted by Gasteiger charge is -2.38. The molecule has 0 fully saturated rings. The molecule has 1 unspecified atom stereocenters. The summed E-state index contributed by atoms with van der Waals surface area (Å²) in [4.78, 5) is 0. The van der Waals surface area contributed by atoms with E-state index in [2.05, 4.69) is 134 Å². The summed E-state index contributed by atoms with van der Waals surface area (Å²) in [7, 11) is 0. The number of hydrogen-bond acceptors (Lipinski definition) is 3. The van der Waals surface area contributed by atoms with Crippen LogP contribution in [-0.2, 0) is 11.8 Å². The van der Waals surface area contributed by atoms with Crippen LogP contribution in [0.4, 0.5) is 0 Å². The summed E-state index contributed by atoms with van der Waals surface area (Å²) in [5.41, 5.74) is 6.56. The Labute approximate surface area is 263 Å². The normalized spacial score (nSPS) is 15.1. The highest BCUT2D eigenvalue weighted by molar-refractivity contribution is 8.26. The van der Waals surface area contributed by atoms with E-state index < -0.39 is 6.04 Å². The third kappa shape index (κ3) is 4.72. The van der Waals surface area contributed by atoms with Crippen LogP contribution in [0, 0.1) is 0 Å². The van der Waals surface area contributed by atoms with Crippen molar-refractivity contribution in [2.45, 2.75) is 0 Å². The molecule has 8 rings (SSSR count). The molecule has 0 amide bonds. The van der Waals surface area contributed by atoms with Crippen molar-refractivity contribution in [1.82, 2.24) is 0 Å². The number of ether oxygens (including phenoxy) is 2. The fraction of sp³-hybridized carbons (Fsp3) is 0. The number of benzene rings is 6. The van der Waals surface area contributed by atoms with Crippen LogP contribution in [0.25, 0.3) is 33.4 Å². The lowest BCUT2D eigenvalue weighted by atomic mass is 10.0. The zero-order valence-corrected chi connectivity index (χ0v) is 25.7. The second kappa shape index (κ2) is 11.6. The van der Waals surface area contributed by atoms with Gasteiger partial charge in [-0.2, -0.15) is 0 Å². The highest BCUT2D eigenvalue weighted by Gasteiger charge is 2.43. The minimum absolute atomic E-state index is 0.785. The first-order valence-electron chi connectivity index (χ1n) is 14.4. The maximum Gasteiger partial charge on any atom is 0.144 e.